The van der Waals surface area contributed by atoms with Crippen molar-refractivity contribution in [2.24, 2.45) is 11.8 Å². The average molecular weight is 317 g/mol. The minimum atomic E-state index is -0.212. The second-order valence-corrected chi connectivity index (χ2v) is 7.26. The quantitative estimate of drug-likeness (QED) is 0.566. The van der Waals surface area contributed by atoms with Crippen LogP contribution in [0.1, 0.15) is 85.5 Å². The summed E-state index contributed by atoms with van der Waals surface area (Å²) < 4.78 is 0. The van der Waals surface area contributed by atoms with Crippen LogP contribution in [0.2, 0.25) is 0 Å². The van der Waals surface area contributed by atoms with Gasteiger partial charge in [0.1, 0.15) is 0 Å². The van der Waals surface area contributed by atoms with Gasteiger partial charge < -0.3 is 5.11 Å². The maximum atomic E-state index is 10.4. The molecule has 3 unspecified atom stereocenters. The molecule has 2 rings (SSSR count). The Kier molecular flexibility index (Phi) is 7.14. The Labute approximate surface area is 143 Å². The standard InChI is InChI=1S/C22H36O/c1-5-16-9-11-18(12-10-16)20(7-3)21(8-4)19-14-13-17(6-2)22(23)15-19/h9,13,18-19,22-23H,5-8,10-12,14-15H2,1-4H3. The molecule has 0 heterocycles. The largest absolute Gasteiger partial charge is 0.389 e. The fourth-order valence-corrected chi connectivity index (χ4v) is 4.69. The van der Waals surface area contributed by atoms with E-state index in [0.29, 0.717) is 5.92 Å². The molecule has 0 bridgehead atoms. The van der Waals surface area contributed by atoms with Gasteiger partial charge in [0.15, 0.2) is 0 Å². The topological polar surface area (TPSA) is 20.2 Å². The van der Waals surface area contributed by atoms with Crippen molar-refractivity contribution in [3.63, 3.8) is 0 Å². The van der Waals surface area contributed by atoms with E-state index in [2.05, 4.69) is 39.8 Å². The second kappa shape index (κ2) is 8.87. The lowest BCUT2D eigenvalue weighted by molar-refractivity contribution is 0.170. The van der Waals surface area contributed by atoms with Crippen molar-refractivity contribution in [3.05, 3.63) is 34.4 Å². The highest BCUT2D eigenvalue weighted by Crippen LogP contribution is 2.40. The third kappa shape index (κ3) is 4.38. The summed E-state index contributed by atoms with van der Waals surface area (Å²) in [5.41, 5.74) is 6.28. The maximum absolute atomic E-state index is 10.4. The van der Waals surface area contributed by atoms with Gasteiger partial charge in [-0.3, -0.25) is 0 Å². The molecule has 1 nitrogen and oxygen atoms in total. The molecule has 1 N–H and O–H groups in total. The molecule has 1 heteroatoms. The van der Waals surface area contributed by atoms with E-state index in [4.69, 9.17) is 0 Å². The lowest BCUT2D eigenvalue weighted by atomic mass is 9.74. The zero-order valence-corrected chi connectivity index (χ0v) is 15.7. The summed E-state index contributed by atoms with van der Waals surface area (Å²) in [5.74, 6) is 1.32. The molecule has 0 aromatic rings. The summed E-state index contributed by atoms with van der Waals surface area (Å²) >= 11 is 0. The van der Waals surface area contributed by atoms with Gasteiger partial charge in [-0.05, 0) is 75.2 Å². The first-order valence-corrected chi connectivity index (χ1v) is 9.91. The number of rotatable bonds is 6. The van der Waals surface area contributed by atoms with Gasteiger partial charge in [-0.1, -0.05) is 56.6 Å². The molecule has 0 aromatic carbocycles. The van der Waals surface area contributed by atoms with Crippen molar-refractivity contribution < 1.29 is 5.11 Å². The maximum Gasteiger partial charge on any atom is 0.0755 e. The zero-order chi connectivity index (χ0) is 16.8. The van der Waals surface area contributed by atoms with E-state index in [1.807, 2.05) is 0 Å². The molecule has 0 amide bonds. The molecular formula is C22H36O. The molecule has 3 atom stereocenters. The van der Waals surface area contributed by atoms with Gasteiger partial charge in [0.05, 0.1) is 6.10 Å². The van der Waals surface area contributed by atoms with Crippen LogP contribution in [0.5, 0.6) is 0 Å². The van der Waals surface area contributed by atoms with Crippen LogP contribution in [-0.4, -0.2) is 11.2 Å². The van der Waals surface area contributed by atoms with Crippen LogP contribution in [0.4, 0.5) is 0 Å². The highest BCUT2D eigenvalue weighted by molar-refractivity contribution is 5.26. The number of hydrogen-bond donors (Lipinski definition) is 1. The number of hydrogen-bond acceptors (Lipinski definition) is 1. The summed E-state index contributed by atoms with van der Waals surface area (Å²) in [5, 5.41) is 10.4. The minimum Gasteiger partial charge on any atom is -0.389 e. The fourth-order valence-electron chi connectivity index (χ4n) is 4.69. The summed E-state index contributed by atoms with van der Waals surface area (Å²) in [4.78, 5) is 0. The second-order valence-electron chi connectivity index (χ2n) is 7.26. The summed E-state index contributed by atoms with van der Waals surface area (Å²) in [6.45, 7) is 9.08. The van der Waals surface area contributed by atoms with Gasteiger partial charge in [-0.25, -0.2) is 0 Å². The van der Waals surface area contributed by atoms with E-state index in [1.54, 1.807) is 16.7 Å². The highest BCUT2D eigenvalue weighted by Gasteiger charge is 2.27. The number of aliphatic hydroxyl groups is 1. The zero-order valence-electron chi connectivity index (χ0n) is 15.7. The predicted molar refractivity (Wildman–Crippen MR) is 100 cm³/mol. The average Bonchev–Trinajstić information content (AvgIpc) is 2.59. The first-order valence-electron chi connectivity index (χ1n) is 9.91. The van der Waals surface area contributed by atoms with Crippen LogP contribution in [0.3, 0.4) is 0 Å². The Balaban J connectivity index is 2.20. The van der Waals surface area contributed by atoms with Crippen molar-refractivity contribution in [1.29, 1.82) is 0 Å². The number of allylic oxidation sites excluding steroid dienone is 5. The van der Waals surface area contributed by atoms with Crippen molar-refractivity contribution in [3.8, 4) is 0 Å². The van der Waals surface area contributed by atoms with Gasteiger partial charge in [0, 0.05) is 0 Å². The van der Waals surface area contributed by atoms with Crippen molar-refractivity contribution in [1.82, 2.24) is 0 Å². The van der Waals surface area contributed by atoms with Crippen LogP contribution in [0.25, 0.3) is 0 Å². The molecule has 23 heavy (non-hydrogen) atoms. The van der Waals surface area contributed by atoms with Gasteiger partial charge in [0.2, 0.25) is 0 Å². The molecule has 0 radical (unpaired) electrons. The van der Waals surface area contributed by atoms with Gasteiger partial charge >= 0.3 is 0 Å². The molecule has 0 aromatic heterocycles. The smallest absolute Gasteiger partial charge is 0.0755 e. The SMILES string of the molecule is CCC1=CCC(C(CC)=C(CC)C2CC=C(CC)C(O)C2)CC1. The lowest BCUT2D eigenvalue weighted by Crippen LogP contribution is -2.23. The lowest BCUT2D eigenvalue weighted by Gasteiger charge is -2.33. The van der Waals surface area contributed by atoms with E-state index in [9.17, 15) is 5.11 Å². The first kappa shape index (κ1) is 18.5. The Hall–Kier alpha value is -0.820. The van der Waals surface area contributed by atoms with Crippen LogP contribution in [0.15, 0.2) is 34.4 Å². The van der Waals surface area contributed by atoms with Gasteiger partial charge in [0.25, 0.3) is 0 Å². The molecular weight excluding hydrogens is 280 g/mol. The van der Waals surface area contributed by atoms with E-state index < -0.39 is 0 Å². The molecule has 0 aliphatic heterocycles. The normalized spacial score (nSPS) is 29.7. The summed E-state index contributed by atoms with van der Waals surface area (Å²) in [6.07, 6.45) is 15.1. The Bertz CT molecular complexity index is 480. The van der Waals surface area contributed by atoms with Crippen molar-refractivity contribution in [2.75, 3.05) is 0 Å². The van der Waals surface area contributed by atoms with Crippen LogP contribution in [-0.2, 0) is 0 Å². The minimum absolute atomic E-state index is 0.212. The van der Waals surface area contributed by atoms with Crippen LogP contribution >= 0.6 is 0 Å². The third-order valence-electron chi connectivity index (χ3n) is 6.13. The highest BCUT2D eigenvalue weighted by atomic mass is 16.3. The molecule has 130 valence electrons. The van der Waals surface area contributed by atoms with E-state index in [1.165, 1.54) is 37.7 Å². The van der Waals surface area contributed by atoms with Crippen LogP contribution in [0, 0.1) is 11.8 Å². The third-order valence-corrected chi connectivity index (χ3v) is 6.13. The summed E-state index contributed by atoms with van der Waals surface area (Å²) in [6, 6.07) is 0. The molecule has 0 fully saturated rings. The van der Waals surface area contributed by atoms with E-state index in [-0.39, 0.29) is 6.10 Å². The molecule has 0 saturated heterocycles. The Morgan fingerprint density at radius 3 is 2.09 bits per heavy atom. The fraction of sp³-hybridized carbons (Fsp3) is 0.727. The van der Waals surface area contributed by atoms with Crippen molar-refractivity contribution in [2.45, 2.75) is 91.6 Å². The van der Waals surface area contributed by atoms with E-state index in [0.717, 1.165) is 31.6 Å². The monoisotopic (exact) mass is 316 g/mol. The molecule has 0 spiro atoms. The van der Waals surface area contributed by atoms with Crippen molar-refractivity contribution >= 4 is 0 Å². The first-order chi connectivity index (χ1) is 11.1. The Morgan fingerprint density at radius 1 is 0.957 bits per heavy atom. The molecule has 2 aliphatic rings. The van der Waals surface area contributed by atoms with Crippen LogP contribution < -0.4 is 0 Å². The predicted octanol–water partition coefficient (Wildman–Crippen LogP) is 6.35. The van der Waals surface area contributed by atoms with Gasteiger partial charge in [-0.2, -0.15) is 0 Å². The van der Waals surface area contributed by atoms with Gasteiger partial charge in [-0.15, -0.1) is 0 Å². The molecule has 0 saturated carbocycles. The Morgan fingerprint density at radius 2 is 1.61 bits per heavy atom. The summed E-state index contributed by atoms with van der Waals surface area (Å²) in [7, 11) is 0. The van der Waals surface area contributed by atoms with E-state index >= 15 is 0 Å². The molecule has 2 aliphatic carbocycles. The number of aliphatic hydroxyl groups excluding tert-OH is 1.